The van der Waals surface area contributed by atoms with Crippen LogP contribution < -0.4 is 0 Å². The quantitative estimate of drug-likeness (QED) is 0.595. The Labute approximate surface area is 166 Å². The van der Waals surface area contributed by atoms with Crippen LogP contribution in [0.25, 0.3) is 0 Å². The van der Waals surface area contributed by atoms with Crippen molar-refractivity contribution in [3.8, 4) is 0 Å². The summed E-state index contributed by atoms with van der Waals surface area (Å²) in [5.41, 5.74) is -1.72. The lowest BCUT2D eigenvalue weighted by Gasteiger charge is -2.46. The molecule has 0 aromatic rings. The predicted octanol–water partition coefficient (Wildman–Crippen LogP) is 5.42. The zero-order valence-corrected chi connectivity index (χ0v) is 19.2. The monoisotopic (exact) mass is 383 g/mol. The Kier molecular flexibility index (Phi) is 7.05. The molecule has 0 aromatic carbocycles. The van der Waals surface area contributed by atoms with Gasteiger partial charge in [-0.1, -0.05) is 41.5 Å². The van der Waals surface area contributed by atoms with Crippen molar-refractivity contribution in [2.75, 3.05) is 13.1 Å². The maximum atomic E-state index is 12.7. The lowest BCUT2D eigenvalue weighted by molar-refractivity contribution is -0.182. The van der Waals surface area contributed by atoms with Gasteiger partial charge in [-0.05, 0) is 40.0 Å². The molecule has 1 aliphatic rings. The predicted molar refractivity (Wildman–Crippen MR) is 109 cm³/mol. The molecule has 5 nitrogen and oxygen atoms in total. The van der Waals surface area contributed by atoms with Gasteiger partial charge in [0.05, 0.1) is 5.41 Å². The minimum absolute atomic E-state index is 0.149. The van der Waals surface area contributed by atoms with Gasteiger partial charge < -0.3 is 14.4 Å². The van der Waals surface area contributed by atoms with E-state index >= 15 is 0 Å². The zero-order chi connectivity index (χ0) is 21.3. The first-order chi connectivity index (χ1) is 12.1. The number of piperidine rings is 1. The van der Waals surface area contributed by atoms with Gasteiger partial charge in [-0.15, -0.1) is 0 Å². The molecule has 0 bridgehead atoms. The molecule has 0 unspecified atom stereocenters. The molecule has 0 radical (unpaired) electrons. The molecule has 1 heterocycles. The summed E-state index contributed by atoms with van der Waals surface area (Å²) in [6.07, 6.45) is 1.73. The molecule has 158 valence electrons. The first-order valence-corrected chi connectivity index (χ1v) is 10.3. The first-order valence-electron chi connectivity index (χ1n) is 10.3. The highest BCUT2D eigenvalue weighted by Crippen LogP contribution is 2.38. The molecule has 27 heavy (non-hydrogen) atoms. The van der Waals surface area contributed by atoms with Crippen LogP contribution in [0.5, 0.6) is 0 Å². The molecule has 0 aliphatic carbocycles. The van der Waals surface area contributed by atoms with Crippen LogP contribution in [0.15, 0.2) is 0 Å². The highest BCUT2D eigenvalue weighted by Gasteiger charge is 2.45. The van der Waals surface area contributed by atoms with Crippen LogP contribution in [0.3, 0.4) is 0 Å². The Bertz CT molecular complexity index is 535. The third-order valence-electron chi connectivity index (χ3n) is 6.80. The van der Waals surface area contributed by atoms with Crippen LogP contribution in [-0.2, 0) is 14.3 Å². The molecule has 0 aromatic heterocycles. The van der Waals surface area contributed by atoms with E-state index in [1.165, 1.54) is 0 Å². The summed E-state index contributed by atoms with van der Waals surface area (Å²) in [6, 6.07) is 0. The van der Waals surface area contributed by atoms with Gasteiger partial charge in [0.15, 0.2) is 0 Å². The molecule has 1 saturated heterocycles. The second kappa shape index (κ2) is 8.00. The third kappa shape index (κ3) is 5.39. The number of carbonyl (C=O) groups is 2. The first kappa shape index (κ1) is 23.8. The third-order valence-corrected chi connectivity index (χ3v) is 6.80. The summed E-state index contributed by atoms with van der Waals surface area (Å²) in [6.45, 7) is 21.2. The smallest absolute Gasteiger partial charge is 0.410 e. The van der Waals surface area contributed by atoms with E-state index in [2.05, 4.69) is 34.6 Å². The van der Waals surface area contributed by atoms with Gasteiger partial charge in [0.1, 0.15) is 11.2 Å². The standard InChI is InChI=1S/C22H41NO4/c1-11-20(7,8)17(24)26-22(16(2)3)12-14-23(15-13-22)18(25)27-21(9,10)19(4,5)6/h16H,11-15H2,1-10H3. The minimum atomic E-state index is -0.561. The Morgan fingerprint density at radius 2 is 1.48 bits per heavy atom. The van der Waals surface area contributed by atoms with Crippen LogP contribution in [-0.4, -0.2) is 41.3 Å². The number of hydrogen-bond donors (Lipinski definition) is 0. The lowest BCUT2D eigenvalue weighted by Crippen LogP contribution is -2.54. The van der Waals surface area contributed by atoms with Crippen molar-refractivity contribution < 1.29 is 19.1 Å². The van der Waals surface area contributed by atoms with Crippen LogP contribution in [0.4, 0.5) is 4.79 Å². The van der Waals surface area contributed by atoms with Gasteiger partial charge in [-0.2, -0.15) is 0 Å². The van der Waals surface area contributed by atoms with Crippen molar-refractivity contribution in [1.29, 1.82) is 0 Å². The summed E-state index contributed by atoms with van der Waals surface area (Å²) in [4.78, 5) is 27.1. The average Bonchev–Trinajstić information content (AvgIpc) is 2.53. The largest absolute Gasteiger partial charge is 0.458 e. The molecule has 1 aliphatic heterocycles. The molecule has 0 spiro atoms. The molecule has 0 N–H and O–H groups in total. The number of hydrogen-bond acceptors (Lipinski definition) is 4. The molecule has 5 heteroatoms. The summed E-state index contributed by atoms with van der Waals surface area (Å²) in [5.74, 6) is 0.0434. The van der Waals surface area contributed by atoms with E-state index in [0.717, 1.165) is 6.42 Å². The van der Waals surface area contributed by atoms with Gasteiger partial charge >= 0.3 is 12.1 Å². The van der Waals surface area contributed by atoms with Gasteiger partial charge in [0.25, 0.3) is 0 Å². The van der Waals surface area contributed by atoms with Crippen LogP contribution in [0.1, 0.15) is 88.5 Å². The molecule has 1 fully saturated rings. The van der Waals surface area contributed by atoms with Crippen molar-refractivity contribution in [1.82, 2.24) is 4.90 Å². The molecular formula is C22H41NO4. The van der Waals surface area contributed by atoms with Crippen LogP contribution >= 0.6 is 0 Å². The van der Waals surface area contributed by atoms with E-state index in [4.69, 9.17) is 9.47 Å². The van der Waals surface area contributed by atoms with E-state index in [9.17, 15) is 9.59 Å². The summed E-state index contributed by atoms with van der Waals surface area (Å²) in [7, 11) is 0. The van der Waals surface area contributed by atoms with Crippen molar-refractivity contribution >= 4 is 12.1 Å². The van der Waals surface area contributed by atoms with Gasteiger partial charge in [-0.3, -0.25) is 4.79 Å². The molecule has 1 rings (SSSR count). The van der Waals surface area contributed by atoms with E-state index in [1.54, 1.807) is 4.90 Å². The molecule has 1 amide bonds. The van der Waals surface area contributed by atoms with E-state index in [1.807, 2.05) is 34.6 Å². The van der Waals surface area contributed by atoms with Crippen molar-refractivity contribution in [3.63, 3.8) is 0 Å². The van der Waals surface area contributed by atoms with Gasteiger partial charge in [0.2, 0.25) is 0 Å². The number of carbonyl (C=O) groups excluding carboxylic acids is 2. The Hall–Kier alpha value is -1.26. The lowest BCUT2D eigenvalue weighted by atomic mass is 9.79. The Balaban J connectivity index is 2.81. The zero-order valence-electron chi connectivity index (χ0n) is 19.2. The second-order valence-corrected chi connectivity index (χ2v) is 10.5. The highest BCUT2D eigenvalue weighted by molar-refractivity contribution is 5.76. The molecular weight excluding hydrogens is 342 g/mol. The summed E-state index contributed by atoms with van der Waals surface area (Å²) >= 11 is 0. The number of nitrogens with zero attached hydrogens (tertiary/aromatic N) is 1. The number of ether oxygens (including phenoxy) is 2. The fourth-order valence-electron chi connectivity index (χ4n) is 2.77. The Morgan fingerprint density at radius 3 is 1.85 bits per heavy atom. The van der Waals surface area contributed by atoms with E-state index in [-0.39, 0.29) is 23.4 Å². The van der Waals surface area contributed by atoms with Crippen molar-refractivity contribution in [2.24, 2.45) is 16.7 Å². The topological polar surface area (TPSA) is 55.8 Å². The normalized spacial score (nSPS) is 18.4. The minimum Gasteiger partial charge on any atom is -0.458 e. The summed E-state index contributed by atoms with van der Waals surface area (Å²) < 4.78 is 11.9. The Morgan fingerprint density at radius 1 is 1.00 bits per heavy atom. The van der Waals surface area contributed by atoms with E-state index < -0.39 is 16.6 Å². The fourth-order valence-corrected chi connectivity index (χ4v) is 2.77. The maximum absolute atomic E-state index is 12.7. The SMILES string of the molecule is CCC(C)(C)C(=O)OC1(C(C)C)CCN(C(=O)OC(C)(C)C(C)(C)C)CC1. The average molecular weight is 384 g/mol. The van der Waals surface area contributed by atoms with Gasteiger partial charge in [0, 0.05) is 31.3 Å². The van der Waals surface area contributed by atoms with Crippen LogP contribution in [0.2, 0.25) is 0 Å². The molecule has 0 saturated carbocycles. The van der Waals surface area contributed by atoms with E-state index in [0.29, 0.717) is 25.9 Å². The van der Waals surface area contributed by atoms with Crippen molar-refractivity contribution in [3.05, 3.63) is 0 Å². The van der Waals surface area contributed by atoms with Crippen molar-refractivity contribution in [2.45, 2.75) is 99.7 Å². The molecule has 0 atom stereocenters. The van der Waals surface area contributed by atoms with Crippen LogP contribution in [0, 0.1) is 16.7 Å². The number of rotatable bonds is 5. The maximum Gasteiger partial charge on any atom is 0.410 e. The van der Waals surface area contributed by atoms with Gasteiger partial charge in [-0.25, -0.2) is 4.79 Å². The highest BCUT2D eigenvalue weighted by atomic mass is 16.6. The fraction of sp³-hybridized carbons (Fsp3) is 0.909. The second-order valence-electron chi connectivity index (χ2n) is 10.5. The summed E-state index contributed by atoms with van der Waals surface area (Å²) in [5, 5.41) is 0. The number of esters is 1. The number of likely N-dealkylation sites (tertiary alicyclic amines) is 1. The number of amides is 1.